The van der Waals surface area contributed by atoms with Gasteiger partial charge in [0.15, 0.2) is 0 Å². The second-order valence-corrected chi connectivity index (χ2v) is 14.2. The van der Waals surface area contributed by atoms with Crippen molar-refractivity contribution >= 4 is 0 Å². The third-order valence-electron chi connectivity index (χ3n) is 11.4. The summed E-state index contributed by atoms with van der Waals surface area (Å²) in [5, 5.41) is 21.4. The zero-order valence-electron chi connectivity index (χ0n) is 25.9. The van der Waals surface area contributed by atoms with Crippen LogP contribution in [0, 0.1) is 23.2 Å². The molecule has 2 saturated carbocycles. The van der Waals surface area contributed by atoms with Crippen LogP contribution in [0.1, 0.15) is 102 Å². The third-order valence-corrected chi connectivity index (χ3v) is 11.4. The smallest absolute Gasteiger partial charge is 0.459 e. The van der Waals surface area contributed by atoms with Gasteiger partial charge in [-0.15, -0.1) is 0 Å². The van der Waals surface area contributed by atoms with Gasteiger partial charge in [-0.1, -0.05) is 32.3 Å². The fraction of sp³-hybridized carbons (Fsp3) is 0.818. The minimum absolute atomic E-state index is 0.112. The molecule has 3 nitrogen and oxygen atoms in total. The first-order valence-electron chi connectivity index (χ1n) is 16.0. The van der Waals surface area contributed by atoms with Crippen LogP contribution in [0.15, 0.2) is 18.2 Å². The van der Waals surface area contributed by atoms with Gasteiger partial charge < -0.3 is 15.1 Å². The topological polar surface area (TPSA) is 43.7 Å². The fourth-order valence-electron chi connectivity index (χ4n) is 8.63. The van der Waals surface area contributed by atoms with E-state index in [0.29, 0.717) is 25.8 Å². The maximum atomic E-state index is 16.0. The Morgan fingerprint density at radius 3 is 2.20 bits per heavy atom. The quantitative estimate of drug-likeness (QED) is 0.167. The number of benzene rings is 1. The van der Waals surface area contributed by atoms with Crippen molar-refractivity contribution in [1.29, 1.82) is 0 Å². The minimum Gasteiger partial charge on any atom is -0.508 e. The van der Waals surface area contributed by atoms with Crippen molar-refractivity contribution in [3.8, 4) is 5.75 Å². The molecule has 0 radical (unpaired) electrons. The average Bonchev–Trinajstić information content (AvgIpc) is 3.14. The number of phenolic OH excluding ortho intramolecular Hbond substituents is 1. The van der Waals surface area contributed by atoms with Gasteiger partial charge in [0.1, 0.15) is 11.9 Å². The SMILES string of the molecule is CN(CCCCC[C@@H]1Cc2cc(O)ccc2[C@@H]2[C@@H]1[C@@H]1CC[C@](C)(O)[C@@]1(C)C[C@@H]2F)CCCCCC(F)(F)C(F)(F)C(F)(F)F. The molecule has 4 rings (SSSR count). The summed E-state index contributed by atoms with van der Waals surface area (Å²) in [5.41, 5.74) is 0.598. The van der Waals surface area contributed by atoms with E-state index in [9.17, 15) is 40.9 Å². The summed E-state index contributed by atoms with van der Waals surface area (Å²) in [6.45, 7) is 5.15. The van der Waals surface area contributed by atoms with Crippen molar-refractivity contribution in [3.63, 3.8) is 0 Å². The van der Waals surface area contributed by atoms with Crippen LogP contribution in [-0.4, -0.2) is 65.0 Å². The van der Waals surface area contributed by atoms with E-state index in [0.717, 1.165) is 56.2 Å². The number of hydrogen-bond acceptors (Lipinski definition) is 3. The number of aromatic hydroxyl groups is 1. The van der Waals surface area contributed by atoms with Gasteiger partial charge in [0.2, 0.25) is 0 Å². The van der Waals surface area contributed by atoms with E-state index in [1.807, 2.05) is 24.9 Å². The standard InChI is InChI=1S/C33H47F8NO2/c1-29-20-26(34)28-24-12-11-23(43)19-22(24)18-21(27(28)25(29)13-15-30(29,2)44)10-6-4-8-16-42(3)17-9-5-7-14-31(35,36)32(37,38)33(39,40)41/h11-12,19,21,25-28,43-44H,4-10,13-18,20H2,1-3H3/t21-,25+,26+,27+,28+,29+,30+/m1/s1. The first-order chi connectivity index (χ1) is 20.3. The molecule has 0 amide bonds. The Balaban J connectivity index is 1.25. The maximum Gasteiger partial charge on any atom is 0.459 e. The Morgan fingerprint density at radius 2 is 1.57 bits per heavy atom. The fourth-order valence-corrected chi connectivity index (χ4v) is 8.63. The second-order valence-electron chi connectivity index (χ2n) is 14.2. The highest BCUT2D eigenvalue weighted by molar-refractivity contribution is 5.41. The Kier molecular flexibility index (Phi) is 10.3. The first-order valence-corrected chi connectivity index (χ1v) is 16.0. The molecule has 7 atom stereocenters. The van der Waals surface area contributed by atoms with Gasteiger partial charge in [0.25, 0.3) is 0 Å². The van der Waals surface area contributed by atoms with Crippen molar-refractivity contribution in [2.75, 3.05) is 20.1 Å². The van der Waals surface area contributed by atoms with Gasteiger partial charge >= 0.3 is 18.0 Å². The highest BCUT2D eigenvalue weighted by atomic mass is 19.4. The molecule has 0 spiro atoms. The summed E-state index contributed by atoms with van der Waals surface area (Å²) in [6, 6.07) is 5.28. The molecular weight excluding hydrogens is 594 g/mol. The first kappa shape index (κ1) is 35.2. The summed E-state index contributed by atoms with van der Waals surface area (Å²) in [7, 11) is 1.86. The zero-order chi connectivity index (χ0) is 32.7. The monoisotopic (exact) mass is 641 g/mol. The largest absolute Gasteiger partial charge is 0.508 e. The van der Waals surface area contributed by atoms with Crippen molar-refractivity contribution in [1.82, 2.24) is 4.90 Å². The van der Waals surface area contributed by atoms with Gasteiger partial charge in [-0.3, -0.25) is 0 Å². The summed E-state index contributed by atoms with van der Waals surface area (Å²) < 4.78 is 106. The van der Waals surface area contributed by atoms with Crippen LogP contribution in [0.3, 0.4) is 0 Å². The average molecular weight is 642 g/mol. The highest BCUT2D eigenvalue weighted by Gasteiger charge is 2.72. The van der Waals surface area contributed by atoms with Gasteiger partial charge in [-0.2, -0.15) is 30.7 Å². The summed E-state index contributed by atoms with van der Waals surface area (Å²) >= 11 is 0. The second kappa shape index (κ2) is 12.9. The molecule has 1 aromatic rings. The Labute approximate surface area is 255 Å². The molecule has 0 heterocycles. The molecule has 3 aliphatic carbocycles. The number of nitrogens with zero attached hydrogens (tertiary/aromatic N) is 1. The van der Waals surface area contributed by atoms with E-state index in [4.69, 9.17) is 0 Å². The van der Waals surface area contributed by atoms with E-state index in [-0.39, 0.29) is 35.8 Å². The van der Waals surface area contributed by atoms with E-state index in [2.05, 4.69) is 6.92 Å². The molecule has 252 valence electrons. The Hall–Kier alpha value is -1.62. The summed E-state index contributed by atoms with van der Waals surface area (Å²) in [4.78, 5) is 2.00. The van der Waals surface area contributed by atoms with Gasteiger partial charge in [0, 0.05) is 17.8 Å². The molecule has 0 saturated heterocycles. The number of alkyl halides is 8. The molecule has 2 N–H and O–H groups in total. The number of unbranched alkanes of at least 4 members (excludes halogenated alkanes) is 4. The number of phenols is 1. The normalized spacial score (nSPS) is 32.4. The molecule has 0 aromatic heterocycles. The third kappa shape index (κ3) is 6.74. The summed E-state index contributed by atoms with van der Waals surface area (Å²) in [6.07, 6.45) is -2.53. The van der Waals surface area contributed by atoms with Gasteiger partial charge in [-0.25, -0.2) is 4.39 Å². The predicted molar refractivity (Wildman–Crippen MR) is 153 cm³/mol. The molecule has 44 heavy (non-hydrogen) atoms. The van der Waals surface area contributed by atoms with Crippen LogP contribution in [0.5, 0.6) is 5.75 Å². The molecule has 1 aromatic carbocycles. The number of fused-ring (bicyclic) bond motifs is 5. The molecular formula is C33H47F8NO2. The van der Waals surface area contributed by atoms with Crippen molar-refractivity contribution in [2.45, 2.75) is 127 Å². The predicted octanol–water partition coefficient (Wildman–Crippen LogP) is 9.06. The Bertz CT molecular complexity index is 1130. The minimum atomic E-state index is -6.28. The van der Waals surface area contributed by atoms with E-state index >= 15 is 4.39 Å². The van der Waals surface area contributed by atoms with Crippen molar-refractivity contribution in [3.05, 3.63) is 29.3 Å². The van der Waals surface area contributed by atoms with Crippen LogP contribution >= 0.6 is 0 Å². The Morgan fingerprint density at radius 1 is 0.932 bits per heavy atom. The maximum absolute atomic E-state index is 16.0. The van der Waals surface area contributed by atoms with Crippen LogP contribution in [0.25, 0.3) is 0 Å². The van der Waals surface area contributed by atoms with Crippen LogP contribution in [0.4, 0.5) is 35.1 Å². The lowest BCUT2D eigenvalue weighted by atomic mass is 9.50. The lowest BCUT2D eigenvalue weighted by Gasteiger charge is -2.56. The molecule has 0 unspecified atom stereocenters. The molecule has 0 bridgehead atoms. The van der Waals surface area contributed by atoms with Crippen LogP contribution in [-0.2, 0) is 6.42 Å². The molecule has 3 aliphatic rings. The van der Waals surface area contributed by atoms with E-state index in [1.165, 1.54) is 0 Å². The van der Waals surface area contributed by atoms with Crippen molar-refractivity contribution < 1.29 is 45.3 Å². The van der Waals surface area contributed by atoms with E-state index < -0.39 is 48.1 Å². The number of aliphatic hydroxyl groups is 1. The van der Waals surface area contributed by atoms with Crippen LogP contribution in [0.2, 0.25) is 0 Å². The van der Waals surface area contributed by atoms with Gasteiger partial charge in [0.05, 0.1) is 5.60 Å². The van der Waals surface area contributed by atoms with Crippen molar-refractivity contribution in [2.24, 2.45) is 23.2 Å². The number of rotatable bonds is 13. The highest BCUT2D eigenvalue weighted by Crippen LogP contribution is 2.66. The number of hydrogen-bond donors (Lipinski definition) is 2. The van der Waals surface area contributed by atoms with Gasteiger partial charge in [-0.05, 0) is 119 Å². The summed E-state index contributed by atoms with van der Waals surface area (Å²) in [5.74, 6) is -10.7. The lowest BCUT2D eigenvalue weighted by Crippen LogP contribution is -2.54. The van der Waals surface area contributed by atoms with Crippen LogP contribution < -0.4 is 0 Å². The van der Waals surface area contributed by atoms with E-state index in [1.54, 1.807) is 12.1 Å². The molecule has 11 heteroatoms. The lowest BCUT2D eigenvalue weighted by molar-refractivity contribution is -0.355. The number of halogens is 8. The molecule has 2 fully saturated rings. The molecule has 0 aliphatic heterocycles. The zero-order valence-corrected chi connectivity index (χ0v) is 25.9.